The van der Waals surface area contributed by atoms with Crippen LogP contribution < -0.4 is 5.32 Å². The maximum atomic E-state index is 12.4. The molecular weight excluding hydrogens is 453 g/mol. The van der Waals surface area contributed by atoms with Gasteiger partial charge in [0.15, 0.2) is 0 Å². The zero-order valence-corrected chi connectivity index (χ0v) is 17.0. The van der Waals surface area contributed by atoms with Crippen molar-refractivity contribution in [1.82, 2.24) is 0 Å². The van der Waals surface area contributed by atoms with Gasteiger partial charge in [0, 0.05) is 27.8 Å². The molecule has 1 N–H and O–H groups in total. The number of rotatable bonds is 7. The predicted octanol–water partition coefficient (Wildman–Crippen LogP) is 3.69. The fourth-order valence-corrected chi connectivity index (χ4v) is 4.37. The number of hydrogen-bond acceptors (Lipinski definition) is 6. The first-order valence-electron chi connectivity index (χ1n) is 7.62. The van der Waals surface area contributed by atoms with Crippen molar-refractivity contribution in [3.05, 3.63) is 52.6 Å². The van der Waals surface area contributed by atoms with E-state index in [0.29, 0.717) is 0 Å². The lowest BCUT2D eigenvalue weighted by atomic mass is 10.3. The molecule has 0 spiro atoms. The summed E-state index contributed by atoms with van der Waals surface area (Å²) in [5.41, 5.74) is -4.96. The second kappa shape index (κ2) is 9.50. The van der Waals surface area contributed by atoms with Crippen molar-refractivity contribution in [3.63, 3.8) is 0 Å². The lowest BCUT2D eigenvalue weighted by Gasteiger charge is -2.09. The number of anilines is 1. The fourth-order valence-electron chi connectivity index (χ4n) is 2.18. The van der Waals surface area contributed by atoms with Gasteiger partial charge in [-0.05, 0) is 42.1 Å². The fraction of sp³-hybridized carbons (Fsp3) is 0.188. The Morgan fingerprint density at radius 3 is 2.48 bits per heavy atom. The molecule has 2 aromatic carbocycles. The molecule has 156 valence electrons. The van der Waals surface area contributed by atoms with Gasteiger partial charge >= 0.3 is 5.51 Å². The Balaban J connectivity index is 2.14. The van der Waals surface area contributed by atoms with Crippen molar-refractivity contribution >= 4 is 50.6 Å². The number of thioether (sulfide) groups is 1. The van der Waals surface area contributed by atoms with Crippen molar-refractivity contribution < 1.29 is 31.3 Å². The highest BCUT2D eigenvalue weighted by Crippen LogP contribution is 2.37. The van der Waals surface area contributed by atoms with Gasteiger partial charge < -0.3 is 5.32 Å². The SMILES string of the molecule is CS(=O)c1ccc(S(=O)CC(=O)Nc2cccc(SC(F)(F)F)c2)c([N+](=O)[O-])c1. The van der Waals surface area contributed by atoms with Crippen LogP contribution in [0.2, 0.25) is 0 Å². The van der Waals surface area contributed by atoms with E-state index in [1.165, 1.54) is 36.6 Å². The molecule has 0 radical (unpaired) electrons. The third-order valence-electron chi connectivity index (χ3n) is 3.32. The van der Waals surface area contributed by atoms with E-state index in [1.807, 2.05) is 0 Å². The number of halogens is 3. The standard InChI is InChI=1S/C16H13F3N2O5S3/c1-28(25)12-5-6-14(13(8-12)21(23)24)29(26)9-15(22)20-10-3-2-4-11(7-10)27-16(17,18)19/h2-8H,9H2,1H3,(H,20,22). The summed E-state index contributed by atoms with van der Waals surface area (Å²) in [6.07, 6.45) is 1.33. The van der Waals surface area contributed by atoms with E-state index in [2.05, 4.69) is 5.32 Å². The Morgan fingerprint density at radius 1 is 1.21 bits per heavy atom. The highest BCUT2D eigenvalue weighted by atomic mass is 32.2. The Kier molecular flexibility index (Phi) is 7.54. The first kappa shape index (κ1) is 23.0. The monoisotopic (exact) mass is 466 g/mol. The first-order valence-corrected chi connectivity index (χ1v) is 11.3. The molecule has 0 heterocycles. The number of benzene rings is 2. The Bertz CT molecular complexity index is 998. The van der Waals surface area contributed by atoms with Crippen molar-refractivity contribution in [1.29, 1.82) is 0 Å². The van der Waals surface area contributed by atoms with Crippen LogP contribution >= 0.6 is 11.8 Å². The minimum absolute atomic E-state index is 0.0625. The van der Waals surface area contributed by atoms with E-state index >= 15 is 0 Å². The number of nitrogens with one attached hydrogen (secondary N) is 1. The van der Waals surface area contributed by atoms with Crippen LogP contribution in [0.25, 0.3) is 0 Å². The Hall–Kier alpha value is -2.25. The second-order valence-corrected chi connectivity index (χ2v) is 9.39. The minimum Gasteiger partial charge on any atom is -0.325 e. The molecule has 0 saturated carbocycles. The first-order chi connectivity index (χ1) is 13.5. The molecule has 0 bridgehead atoms. The summed E-state index contributed by atoms with van der Waals surface area (Å²) in [5.74, 6) is -1.44. The van der Waals surface area contributed by atoms with Crippen LogP contribution in [0.3, 0.4) is 0 Å². The van der Waals surface area contributed by atoms with Gasteiger partial charge in [0.1, 0.15) is 10.6 Å². The summed E-state index contributed by atoms with van der Waals surface area (Å²) in [5, 5.41) is 13.5. The number of carbonyl (C=O) groups excluding carboxylic acids is 1. The van der Waals surface area contributed by atoms with E-state index in [1.54, 1.807) is 0 Å². The number of amides is 1. The van der Waals surface area contributed by atoms with E-state index in [-0.39, 0.29) is 32.1 Å². The van der Waals surface area contributed by atoms with Crippen LogP contribution in [0.4, 0.5) is 24.5 Å². The van der Waals surface area contributed by atoms with Crippen LogP contribution in [0.1, 0.15) is 0 Å². The van der Waals surface area contributed by atoms with Gasteiger partial charge in [0.25, 0.3) is 5.69 Å². The minimum atomic E-state index is -4.49. The quantitative estimate of drug-likeness (QED) is 0.379. The maximum absolute atomic E-state index is 12.4. The van der Waals surface area contributed by atoms with Crippen molar-refractivity contribution in [2.75, 3.05) is 17.3 Å². The van der Waals surface area contributed by atoms with Crippen LogP contribution in [-0.4, -0.2) is 36.8 Å². The molecule has 2 aromatic rings. The molecule has 0 saturated heterocycles. The molecule has 7 nitrogen and oxygen atoms in total. The smallest absolute Gasteiger partial charge is 0.325 e. The van der Waals surface area contributed by atoms with Gasteiger partial charge in [-0.25, -0.2) is 0 Å². The van der Waals surface area contributed by atoms with E-state index in [9.17, 15) is 36.5 Å². The number of nitrogens with zero attached hydrogens (tertiary/aromatic N) is 1. The maximum Gasteiger partial charge on any atom is 0.446 e. The number of carbonyl (C=O) groups is 1. The van der Waals surface area contributed by atoms with Gasteiger partial charge in [-0.3, -0.25) is 23.3 Å². The Labute approximate surface area is 172 Å². The zero-order valence-electron chi connectivity index (χ0n) is 14.6. The van der Waals surface area contributed by atoms with Gasteiger partial charge in [0.2, 0.25) is 5.91 Å². The molecule has 13 heteroatoms. The third kappa shape index (κ3) is 6.94. The molecule has 2 unspecified atom stereocenters. The summed E-state index contributed by atoms with van der Waals surface area (Å²) in [6.45, 7) is 0. The molecule has 0 aliphatic carbocycles. The van der Waals surface area contributed by atoms with Crippen molar-refractivity contribution in [2.24, 2.45) is 0 Å². The topological polar surface area (TPSA) is 106 Å². The van der Waals surface area contributed by atoms with Gasteiger partial charge in [0.05, 0.1) is 26.5 Å². The Morgan fingerprint density at radius 2 is 1.90 bits per heavy atom. The molecule has 2 rings (SSSR count). The number of alkyl halides is 3. The molecule has 0 aliphatic heterocycles. The van der Waals surface area contributed by atoms with Gasteiger partial charge in [-0.1, -0.05) is 6.07 Å². The van der Waals surface area contributed by atoms with E-state index < -0.39 is 49.4 Å². The van der Waals surface area contributed by atoms with Crippen molar-refractivity contribution in [3.8, 4) is 0 Å². The molecule has 1 amide bonds. The van der Waals surface area contributed by atoms with Crippen molar-refractivity contribution in [2.45, 2.75) is 20.2 Å². The largest absolute Gasteiger partial charge is 0.446 e. The van der Waals surface area contributed by atoms with Crippen LogP contribution in [0.15, 0.2) is 57.2 Å². The molecule has 0 aliphatic rings. The lowest BCUT2D eigenvalue weighted by molar-refractivity contribution is -0.388. The predicted molar refractivity (Wildman–Crippen MR) is 104 cm³/mol. The molecular formula is C16H13F3N2O5S3. The highest BCUT2D eigenvalue weighted by molar-refractivity contribution is 8.00. The summed E-state index contributed by atoms with van der Waals surface area (Å²) < 4.78 is 61.2. The molecule has 0 fully saturated rings. The molecule has 2 atom stereocenters. The summed E-state index contributed by atoms with van der Waals surface area (Å²) in [4.78, 5) is 22.3. The van der Waals surface area contributed by atoms with Crippen LogP contribution in [0, 0.1) is 10.1 Å². The average Bonchev–Trinajstić information content (AvgIpc) is 2.59. The van der Waals surface area contributed by atoms with Gasteiger partial charge in [-0.15, -0.1) is 0 Å². The number of nitro groups is 1. The number of nitro benzene ring substituents is 1. The second-order valence-electron chi connectivity index (χ2n) is 5.45. The molecule has 29 heavy (non-hydrogen) atoms. The number of hydrogen-bond donors (Lipinski definition) is 1. The summed E-state index contributed by atoms with van der Waals surface area (Å²) in [7, 11) is -3.59. The highest BCUT2D eigenvalue weighted by Gasteiger charge is 2.29. The normalized spacial score (nSPS) is 13.5. The van der Waals surface area contributed by atoms with Gasteiger partial charge in [-0.2, -0.15) is 13.2 Å². The zero-order chi connectivity index (χ0) is 21.8. The van der Waals surface area contributed by atoms with E-state index in [0.717, 1.165) is 12.1 Å². The summed E-state index contributed by atoms with van der Waals surface area (Å²) >= 11 is -0.350. The third-order valence-corrected chi connectivity index (χ3v) is 6.32. The average molecular weight is 466 g/mol. The van der Waals surface area contributed by atoms with Crippen LogP contribution in [-0.2, 0) is 26.4 Å². The lowest BCUT2D eigenvalue weighted by Crippen LogP contribution is -2.20. The summed E-state index contributed by atoms with van der Waals surface area (Å²) in [6, 6.07) is 8.50. The van der Waals surface area contributed by atoms with E-state index in [4.69, 9.17) is 0 Å². The van der Waals surface area contributed by atoms with Crippen LogP contribution in [0.5, 0.6) is 0 Å². The molecule has 0 aromatic heterocycles.